The summed E-state index contributed by atoms with van der Waals surface area (Å²) in [7, 11) is 0. The smallest absolute Gasteiger partial charge is 0.291 e. The number of para-hydroxylation sites is 1. The lowest BCUT2D eigenvalue weighted by Crippen LogP contribution is -2.45. The maximum absolute atomic E-state index is 13.2. The number of rotatable bonds is 5. The Morgan fingerprint density at radius 2 is 2.00 bits per heavy atom. The van der Waals surface area contributed by atoms with Crippen molar-refractivity contribution in [2.45, 2.75) is 65.6 Å². The lowest BCUT2D eigenvalue weighted by atomic mass is 9.78. The molecule has 6 nitrogen and oxygen atoms in total. The molecule has 1 aliphatic carbocycles. The molecule has 1 amide bonds. The van der Waals surface area contributed by atoms with Gasteiger partial charge < -0.3 is 9.88 Å². The number of nitrogens with one attached hydrogen (secondary N) is 1. The van der Waals surface area contributed by atoms with Crippen LogP contribution < -0.4 is 10.9 Å². The molecule has 1 aromatic carbocycles. The van der Waals surface area contributed by atoms with Crippen LogP contribution in [0.1, 0.15) is 46.5 Å². The lowest BCUT2D eigenvalue weighted by Gasteiger charge is -2.34. The van der Waals surface area contributed by atoms with Gasteiger partial charge in [0.15, 0.2) is 0 Å². The van der Waals surface area contributed by atoms with Crippen molar-refractivity contribution < 1.29 is 4.79 Å². The molecule has 4 rings (SSSR count). The highest BCUT2D eigenvalue weighted by atomic mass is 16.2. The van der Waals surface area contributed by atoms with Gasteiger partial charge in [0, 0.05) is 28.9 Å². The van der Waals surface area contributed by atoms with Crippen molar-refractivity contribution in [3.8, 4) is 0 Å². The van der Waals surface area contributed by atoms with E-state index in [4.69, 9.17) is 0 Å². The third-order valence-corrected chi connectivity index (χ3v) is 6.57. The summed E-state index contributed by atoms with van der Waals surface area (Å²) in [6.07, 6.45) is 6.01. The molecule has 6 heteroatoms. The first-order valence-electron chi connectivity index (χ1n) is 10.8. The molecule has 154 valence electrons. The zero-order chi connectivity index (χ0) is 20.5. The number of aryl methyl sites for hydroxylation is 1. The Labute approximate surface area is 170 Å². The molecule has 1 fully saturated rings. The van der Waals surface area contributed by atoms with Gasteiger partial charge in [0.1, 0.15) is 12.1 Å². The zero-order valence-corrected chi connectivity index (χ0v) is 17.5. The molecule has 2 heterocycles. The Morgan fingerprint density at radius 3 is 2.79 bits per heavy atom. The molecule has 0 saturated heterocycles. The van der Waals surface area contributed by atoms with E-state index in [0.717, 1.165) is 42.1 Å². The summed E-state index contributed by atoms with van der Waals surface area (Å²) in [5.74, 6) is 0.922. The maximum atomic E-state index is 13.2. The highest BCUT2D eigenvalue weighted by Crippen LogP contribution is 2.29. The predicted octanol–water partition coefficient (Wildman–Crippen LogP) is 3.70. The molecule has 2 aromatic heterocycles. The normalized spacial score (nSPS) is 22.2. The van der Waals surface area contributed by atoms with Crippen LogP contribution in [0.25, 0.3) is 21.8 Å². The average molecular weight is 395 g/mol. The largest absolute Gasteiger partial charge is 0.351 e. The van der Waals surface area contributed by atoms with E-state index in [1.165, 1.54) is 11.1 Å². The van der Waals surface area contributed by atoms with Gasteiger partial charge >= 0.3 is 0 Å². The molecule has 1 aliphatic rings. The zero-order valence-electron chi connectivity index (χ0n) is 17.5. The van der Waals surface area contributed by atoms with E-state index in [1.807, 2.05) is 24.3 Å². The third kappa shape index (κ3) is 3.56. The predicted molar refractivity (Wildman–Crippen MR) is 116 cm³/mol. The second-order valence-electron chi connectivity index (χ2n) is 8.48. The number of hydrogen-bond donors (Lipinski definition) is 1. The van der Waals surface area contributed by atoms with Gasteiger partial charge in [0.2, 0.25) is 5.91 Å². The van der Waals surface area contributed by atoms with Gasteiger partial charge in [-0.25, -0.2) is 4.68 Å². The molecule has 0 spiro atoms. The van der Waals surface area contributed by atoms with Gasteiger partial charge in [-0.15, -0.1) is 0 Å². The first-order valence-corrected chi connectivity index (χ1v) is 10.8. The Bertz CT molecular complexity index is 1100. The Kier molecular flexibility index (Phi) is 5.43. The highest BCUT2D eigenvalue weighted by Gasteiger charge is 2.28. The third-order valence-electron chi connectivity index (χ3n) is 6.57. The number of hydrogen-bond acceptors (Lipinski definition) is 3. The maximum Gasteiger partial charge on any atom is 0.291 e. The first-order chi connectivity index (χ1) is 14.0. The second-order valence-corrected chi connectivity index (χ2v) is 8.48. The molecular formula is C23H30N4O2. The van der Waals surface area contributed by atoms with Gasteiger partial charge in [0.05, 0.1) is 6.20 Å². The number of fused-ring (bicyclic) bond motifs is 3. The van der Waals surface area contributed by atoms with Crippen molar-refractivity contribution in [2.75, 3.05) is 0 Å². The topological polar surface area (TPSA) is 68.9 Å². The summed E-state index contributed by atoms with van der Waals surface area (Å²) < 4.78 is 3.37. The number of carbonyl (C=O) groups excluding carboxylic acids is 1. The summed E-state index contributed by atoms with van der Waals surface area (Å²) in [5.41, 5.74) is 1.47. The number of carbonyl (C=O) groups is 1. The van der Waals surface area contributed by atoms with Crippen LogP contribution in [0, 0.1) is 11.8 Å². The molecule has 3 aromatic rings. The molecule has 0 unspecified atom stereocenters. The van der Waals surface area contributed by atoms with E-state index in [1.54, 1.807) is 6.20 Å². The summed E-state index contributed by atoms with van der Waals surface area (Å²) in [4.78, 5) is 25.9. The highest BCUT2D eigenvalue weighted by molar-refractivity contribution is 6.07. The Morgan fingerprint density at radius 1 is 1.21 bits per heavy atom. The van der Waals surface area contributed by atoms with Crippen LogP contribution in [0.3, 0.4) is 0 Å². The number of benzene rings is 1. The van der Waals surface area contributed by atoms with E-state index in [-0.39, 0.29) is 24.1 Å². The SMILES string of the molecule is CCCn1c2ccccc2c2cnn(CC(=O)N[C@@H]3CCC[C@H](C)[C@H]3C)c(=O)c21. The van der Waals surface area contributed by atoms with Crippen LogP contribution in [-0.4, -0.2) is 26.3 Å². The monoisotopic (exact) mass is 394 g/mol. The van der Waals surface area contributed by atoms with Crippen LogP contribution >= 0.6 is 0 Å². The fraction of sp³-hybridized carbons (Fsp3) is 0.522. The Hall–Kier alpha value is -2.63. The van der Waals surface area contributed by atoms with Crippen molar-refractivity contribution in [3.63, 3.8) is 0 Å². The lowest BCUT2D eigenvalue weighted by molar-refractivity contribution is -0.123. The molecule has 0 bridgehead atoms. The van der Waals surface area contributed by atoms with Gasteiger partial charge in [-0.3, -0.25) is 9.59 Å². The molecule has 3 atom stereocenters. The van der Waals surface area contributed by atoms with Crippen LogP contribution in [0.2, 0.25) is 0 Å². The van der Waals surface area contributed by atoms with E-state index < -0.39 is 0 Å². The second kappa shape index (κ2) is 8.01. The van der Waals surface area contributed by atoms with Crippen LogP contribution in [0.4, 0.5) is 0 Å². The average Bonchev–Trinajstić information content (AvgIpc) is 3.03. The van der Waals surface area contributed by atoms with E-state index in [9.17, 15) is 9.59 Å². The summed E-state index contributed by atoms with van der Waals surface area (Å²) >= 11 is 0. The number of amides is 1. The van der Waals surface area contributed by atoms with Gasteiger partial charge in [-0.05, 0) is 30.7 Å². The molecule has 1 N–H and O–H groups in total. The van der Waals surface area contributed by atoms with E-state index >= 15 is 0 Å². The number of aromatic nitrogens is 3. The number of nitrogens with zero attached hydrogens (tertiary/aromatic N) is 3. The molecule has 0 aliphatic heterocycles. The van der Waals surface area contributed by atoms with Crippen molar-refractivity contribution in [1.82, 2.24) is 19.7 Å². The minimum Gasteiger partial charge on any atom is -0.351 e. The van der Waals surface area contributed by atoms with Crippen LogP contribution in [0.5, 0.6) is 0 Å². The minimum absolute atomic E-state index is 0.0416. The quantitative estimate of drug-likeness (QED) is 0.717. The molecular weight excluding hydrogens is 364 g/mol. The summed E-state index contributed by atoms with van der Waals surface area (Å²) in [5, 5.41) is 9.35. The summed E-state index contributed by atoms with van der Waals surface area (Å²) in [6.45, 7) is 7.26. The van der Waals surface area contributed by atoms with Crippen molar-refractivity contribution in [2.24, 2.45) is 11.8 Å². The van der Waals surface area contributed by atoms with Gasteiger partial charge in [0.25, 0.3) is 5.56 Å². The molecule has 29 heavy (non-hydrogen) atoms. The fourth-order valence-electron chi connectivity index (χ4n) is 4.74. The Balaban J connectivity index is 1.65. The van der Waals surface area contributed by atoms with E-state index in [0.29, 0.717) is 17.4 Å². The standard InChI is InChI=1S/C23H30N4O2/c1-4-12-26-20-11-6-5-9-17(20)18-13-24-27(23(29)22(18)26)14-21(28)25-19-10-7-8-15(2)16(19)3/h5-6,9,11,13,15-16,19H,4,7-8,10,12,14H2,1-3H3,(H,25,28)/t15-,16+,19+/m0/s1. The van der Waals surface area contributed by atoms with Crippen LogP contribution in [-0.2, 0) is 17.9 Å². The summed E-state index contributed by atoms with van der Waals surface area (Å²) in [6, 6.07) is 8.20. The fourth-order valence-corrected chi connectivity index (χ4v) is 4.74. The van der Waals surface area contributed by atoms with Crippen molar-refractivity contribution in [3.05, 3.63) is 40.8 Å². The van der Waals surface area contributed by atoms with Crippen molar-refractivity contribution in [1.29, 1.82) is 0 Å². The van der Waals surface area contributed by atoms with E-state index in [2.05, 4.69) is 35.8 Å². The minimum atomic E-state index is -0.202. The van der Waals surface area contributed by atoms with Crippen molar-refractivity contribution >= 4 is 27.7 Å². The van der Waals surface area contributed by atoms with Gasteiger partial charge in [-0.1, -0.05) is 51.8 Å². The first kappa shape index (κ1) is 19.7. The molecule has 0 radical (unpaired) electrons. The molecule has 1 saturated carbocycles. The van der Waals surface area contributed by atoms with Crippen LogP contribution in [0.15, 0.2) is 35.3 Å². The van der Waals surface area contributed by atoms with Gasteiger partial charge in [-0.2, -0.15) is 5.10 Å².